The van der Waals surface area contributed by atoms with Gasteiger partial charge in [0.15, 0.2) is 11.5 Å². The van der Waals surface area contributed by atoms with Crippen LogP contribution in [0.4, 0.5) is 0 Å². The van der Waals surface area contributed by atoms with Crippen LogP contribution in [0.1, 0.15) is 57.4 Å². The molecule has 142 valence electrons. The zero-order valence-electron chi connectivity index (χ0n) is 16.0. The van der Waals surface area contributed by atoms with Gasteiger partial charge in [-0.15, -0.1) is 0 Å². The molecule has 1 fully saturated rings. The summed E-state index contributed by atoms with van der Waals surface area (Å²) in [5.41, 5.74) is 6.36. The summed E-state index contributed by atoms with van der Waals surface area (Å²) in [5.74, 6) is 1.58. The van der Waals surface area contributed by atoms with Crippen LogP contribution < -0.4 is 10.5 Å². The molecule has 0 radical (unpaired) electrons. The van der Waals surface area contributed by atoms with Gasteiger partial charge in [-0.25, -0.2) is 4.99 Å². The molecule has 3 rings (SSSR count). The van der Waals surface area contributed by atoms with Crippen molar-refractivity contribution in [3.05, 3.63) is 29.8 Å². The number of aryl methyl sites for hydroxylation is 1. The summed E-state index contributed by atoms with van der Waals surface area (Å²) in [6.45, 7) is 2.42. The second kappa shape index (κ2) is 8.11. The molecule has 2 aliphatic rings. The Hall–Kier alpha value is -2.04. The van der Waals surface area contributed by atoms with Crippen molar-refractivity contribution in [2.75, 3.05) is 13.7 Å². The molecule has 1 saturated carbocycles. The van der Waals surface area contributed by atoms with Gasteiger partial charge in [0.05, 0.1) is 0 Å². The Kier molecular flexibility index (Phi) is 5.84. The summed E-state index contributed by atoms with van der Waals surface area (Å²) < 4.78 is 6.08. The minimum atomic E-state index is -0.873. The normalized spacial score (nSPS) is 24.0. The first-order chi connectivity index (χ1) is 12.5. The quantitative estimate of drug-likeness (QED) is 0.812. The molecule has 1 amide bonds. The van der Waals surface area contributed by atoms with Gasteiger partial charge in [0.2, 0.25) is 0 Å². The molecule has 1 heterocycles. The first kappa shape index (κ1) is 18.7. The molecular weight excluding hydrogens is 326 g/mol. The van der Waals surface area contributed by atoms with Gasteiger partial charge in [0.25, 0.3) is 5.91 Å². The third-order valence-corrected chi connectivity index (χ3v) is 5.64. The number of carbonyl (C=O) groups excluding carboxylic acids is 1. The Bertz CT molecular complexity index is 667. The van der Waals surface area contributed by atoms with Crippen LogP contribution >= 0.6 is 0 Å². The van der Waals surface area contributed by atoms with Crippen molar-refractivity contribution < 1.29 is 9.53 Å². The van der Waals surface area contributed by atoms with Crippen LogP contribution in [0.15, 0.2) is 29.3 Å². The number of aliphatic imine (C=N–C) groups is 1. The molecular formula is C21H31N3O2. The van der Waals surface area contributed by atoms with Gasteiger partial charge in [0.1, 0.15) is 12.4 Å². The minimum absolute atomic E-state index is 0.0368. The lowest BCUT2D eigenvalue weighted by Gasteiger charge is -2.31. The maximum atomic E-state index is 13.0. The molecule has 0 spiro atoms. The van der Waals surface area contributed by atoms with Crippen LogP contribution in [0.2, 0.25) is 0 Å². The van der Waals surface area contributed by atoms with Crippen LogP contribution in [-0.2, 0) is 11.2 Å². The van der Waals surface area contributed by atoms with Crippen LogP contribution in [-0.4, -0.2) is 36.0 Å². The fraction of sp³-hybridized carbons (Fsp3) is 0.619. The smallest absolute Gasteiger partial charge is 0.260 e. The van der Waals surface area contributed by atoms with Gasteiger partial charge in [0, 0.05) is 7.05 Å². The SMILES string of the molecule is CCCc1cccc(OCC2(CC3CCCCC3)N=C(N)N(C)C2=O)c1. The van der Waals surface area contributed by atoms with Crippen LogP contribution in [0.3, 0.4) is 0 Å². The van der Waals surface area contributed by atoms with E-state index in [9.17, 15) is 4.79 Å². The lowest BCUT2D eigenvalue weighted by Crippen LogP contribution is -2.47. The molecule has 1 aromatic rings. The Morgan fingerprint density at radius 3 is 2.73 bits per heavy atom. The molecule has 1 atom stereocenters. The van der Waals surface area contributed by atoms with Gasteiger partial charge in [-0.3, -0.25) is 9.69 Å². The molecule has 5 heteroatoms. The van der Waals surface area contributed by atoms with Gasteiger partial charge in [-0.05, 0) is 36.5 Å². The summed E-state index contributed by atoms with van der Waals surface area (Å²) in [5, 5.41) is 0. The maximum Gasteiger partial charge on any atom is 0.260 e. The van der Waals surface area contributed by atoms with Gasteiger partial charge < -0.3 is 10.5 Å². The van der Waals surface area contributed by atoms with E-state index in [2.05, 4.69) is 24.0 Å². The number of hydrogen-bond donors (Lipinski definition) is 1. The van der Waals surface area contributed by atoms with Crippen molar-refractivity contribution in [1.29, 1.82) is 0 Å². The molecule has 0 aromatic heterocycles. The summed E-state index contributed by atoms with van der Waals surface area (Å²) in [4.78, 5) is 19.0. The summed E-state index contributed by atoms with van der Waals surface area (Å²) >= 11 is 0. The number of ether oxygens (including phenoxy) is 1. The summed E-state index contributed by atoms with van der Waals surface area (Å²) in [6.07, 6.45) is 8.96. The zero-order valence-corrected chi connectivity index (χ0v) is 16.0. The largest absolute Gasteiger partial charge is 0.490 e. The first-order valence-corrected chi connectivity index (χ1v) is 9.89. The molecule has 5 nitrogen and oxygen atoms in total. The topological polar surface area (TPSA) is 67.9 Å². The third kappa shape index (κ3) is 4.02. The van der Waals surface area contributed by atoms with E-state index in [0.29, 0.717) is 11.9 Å². The Labute approximate surface area is 156 Å². The highest BCUT2D eigenvalue weighted by atomic mass is 16.5. The second-order valence-corrected chi connectivity index (χ2v) is 7.76. The lowest BCUT2D eigenvalue weighted by molar-refractivity contribution is -0.132. The van der Waals surface area contributed by atoms with E-state index in [-0.39, 0.29) is 12.5 Å². The monoisotopic (exact) mass is 357 g/mol. The van der Waals surface area contributed by atoms with Crippen molar-refractivity contribution in [3.63, 3.8) is 0 Å². The Balaban J connectivity index is 1.76. The van der Waals surface area contributed by atoms with Crippen LogP contribution in [0.5, 0.6) is 5.75 Å². The third-order valence-electron chi connectivity index (χ3n) is 5.64. The molecule has 2 N–H and O–H groups in total. The number of carbonyl (C=O) groups is 1. The van der Waals surface area contributed by atoms with Crippen molar-refractivity contribution >= 4 is 11.9 Å². The van der Waals surface area contributed by atoms with E-state index in [0.717, 1.165) is 25.0 Å². The second-order valence-electron chi connectivity index (χ2n) is 7.76. The number of amides is 1. The summed E-state index contributed by atoms with van der Waals surface area (Å²) in [6, 6.07) is 8.13. The van der Waals surface area contributed by atoms with Crippen molar-refractivity contribution in [2.24, 2.45) is 16.6 Å². The van der Waals surface area contributed by atoms with E-state index >= 15 is 0 Å². The van der Waals surface area contributed by atoms with E-state index in [1.807, 2.05) is 12.1 Å². The molecule has 1 aromatic carbocycles. The van der Waals surface area contributed by atoms with Gasteiger partial charge in [-0.1, -0.05) is 57.6 Å². The minimum Gasteiger partial charge on any atom is -0.490 e. The number of rotatable bonds is 7. The standard InChI is InChI=1S/C21H31N3O2/c1-3-8-16-11-7-12-18(13-16)26-15-21(14-17-9-5-4-6-10-17)19(25)24(2)20(22)23-21/h7,11-13,17H,3-6,8-10,14-15H2,1-2H3,(H2,22,23). The number of hydrogen-bond acceptors (Lipinski definition) is 4. The number of nitrogens with zero attached hydrogens (tertiary/aromatic N) is 2. The van der Waals surface area contributed by atoms with E-state index in [1.54, 1.807) is 7.05 Å². The average Bonchev–Trinajstić information content (AvgIpc) is 2.86. The lowest BCUT2D eigenvalue weighted by atomic mass is 9.79. The Morgan fingerprint density at radius 1 is 1.31 bits per heavy atom. The number of benzene rings is 1. The molecule has 1 aliphatic heterocycles. The molecule has 26 heavy (non-hydrogen) atoms. The Morgan fingerprint density at radius 2 is 2.08 bits per heavy atom. The highest BCUT2D eigenvalue weighted by molar-refractivity contribution is 6.06. The van der Waals surface area contributed by atoms with E-state index in [4.69, 9.17) is 10.5 Å². The molecule has 1 unspecified atom stereocenters. The van der Waals surface area contributed by atoms with Crippen molar-refractivity contribution in [2.45, 2.75) is 63.8 Å². The van der Waals surface area contributed by atoms with Crippen LogP contribution in [0.25, 0.3) is 0 Å². The van der Waals surface area contributed by atoms with Gasteiger partial charge >= 0.3 is 0 Å². The number of likely N-dealkylation sites (N-methyl/N-ethyl adjacent to an activating group) is 1. The highest BCUT2D eigenvalue weighted by Crippen LogP contribution is 2.36. The fourth-order valence-corrected chi connectivity index (χ4v) is 4.20. The van der Waals surface area contributed by atoms with E-state index in [1.165, 1.54) is 42.6 Å². The number of guanidine groups is 1. The predicted octanol–water partition coefficient (Wildman–Crippen LogP) is 3.51. The number of nitrogens with two attached hydrogens (primary N) is 1. The highest BCUT2D eigenvalue weighted by Gasteiger charge is 2.48. The van der Waals surface area contributed by atoms with Crippen molar-refractivity contribution in [3.8, 4) is 5.75 Å². The summed E-state index contributed by atoms with van der Waals surface area (Å²) in [7, 11) is 1.70. The maximum absolute atomic E-state index is 13.0. The van der Waals surface area contributed by atoms with Gasteiger partial charge in [-0.2, -0.15) is 0 Å². The average molecular weight is 357 g/mol. The van der Waals surface area contributed by atoms with Crippen molar-refractivity contribution in [1.82, 2.24) is 4.90 Å². The first-order valence-electron chi connectivity index (χ1n) is 9.89. The molecule has 1 aliphatic carbocycles. The van der Waals surface area contributed by atoms with E-state index < -0.39 is 5.54 Å². The zero-order chi connectivity index (χ0) is 18.6. The molecule has 0 bridgehead atoms. The fourth-order valence-electron chi connectivity index (χ4n) is 4.20. The predicted molar refractivity (Wildman–Crippen MR) is 104 cm³/mol. The van der Waals surface area contributed by atoms with Crippen LogP contribution in [0, 0.1) is 5.92 Å². The molecule has 0 saturated heterocycles.